The third kappa shape index (κ3) is 8.48. The zero-order chi connectivity index (χ0) is 32.4. The van der Waals surface area contributed by atoms with Crippen molar-refractivity contribution >= 4 is 29.1 Å². The monoisotopic (exact) mass is 677 g/mol. The molecule has 0 aliphatic carbocycles. The van der Waals surface area contributed by atoms with Crippen molar-refractivity contribution in [3.8, 4) is 0 Å². The number of hydrogen-bond donors (Lipinski definition) is 0. The minimum Gasteiger partial charge on any atom is -0.342 e. The average Bonchev–Trinajstić information content (AvgIpc) is 3.01. The number of rotatable bonds is 7. The van der Waals surface area contributed by atoms with Crippen molar-refractivity contribution in [2.75, 3.05) is 45.8 Å². The van der Waals surface area contributed by atoms with E-state index in [1.807, 2.05) is 12.1 Å². The molecule has 3 heterocycles. The first kappa shape index (κ1) is 34.3. The molecule has 0 spiro atoms. The molecule has 45 heavy (non-hydrogen) atoms. The molecule has 0 unspecified atom stereocenters. The largest absolute Gasteiger partial charge is 0.416 e. The molecule has 3 aliphatic heterocycles. The first-order valence-corrected chi connectivity index (χ1v) is 16.5. The molecule has 2 aromatic rings. The van der Waals surface area contributed by atoms with Crippen LogP contribution < -0.4 is 0 Å². The van der Waals surface area contributed by atoms with Gasteiger partial charge in [0.1, 0.15) is 0 Å². The molecular formula is C33H39Cl2F6N3O. The number of hydrogen-bond acceptors (Lipinski definition) is 3. The van der Waals surface area contributed by atoms with Crippen molar-refractivity contribution in [1.82, 2.24) is 14.7 Å². The van der Waals surface area contributed by atoms with Crippen molar-refractivity contribution in [2.45, 2.75) is 81.6 Å². The highest BCUT2D eigenvalue weighted by atomic mass is 35.5. The number of benzene rings is 2. The van der Waals surface area contributed by atoms with Crippen molar-refractivity contribution < 1.29 is 31.1 Å². The van der Waals surface area contributed by atoms with Crippen LogP contribution >= 0.6 is 23.2 Å². The highest BCUT2D eigenvalue weighted by Gasteiger charge is 2.41. The molecule has 12 heteroatoms. The number of piperidine rings is 3. The van der Waals surface area contributed by atoms with Gasteiger partial charge in [0.05, 0.1) is 27.6 Å². The van der Waals surface area contributed by atoms with E-state index < -0.39 is 41.2 Å². The van der Waals surface area contributed by atoms with Crippen LogP contribution in [0.4, 0.5) is 26.3 Å². The summed E-state index contributed by atoms with van der Waals surface area (Å²) in [5, 5.41) is 0.798. The van der Waals surface area contributed by atoms with Gasteiger partial charge in [0.2, 0.25) is 5.91 Å². The summed E-state index contributed by atoms with van der Waals surface area (Å²) in [5.41, 5.74) is -2.72. The molecule has 2 aromatic carbocycles. The maximum Gasteiger partial charge on any atom is 0.416 e. The van der Waals surface area contributed by atoms with Gasteiger partial charge < -0.3 is 14.7 Å². The average molecular weight is 679 g/mol. The van der Waals surface area contributed by atoms with Gasteiger partial charge in [-0.25, -0.2) is 0 Å². The molecule has 0 saturated carbocycles. The lowest BCUT2D eigenvalue weighted by molar-refractivity contribution is -0.143. The second kappa shape index (κ2) is 14.0. The van der Waals surface area contributed by atoms with Crippen LogP contribution in [0.2, 0.25) is 10.0 Å². The predicted molar refractivity (Wildman–Crippen MR) is 164 cm³/mol. The van der Waals surface area contributed by atoms with Crippen LogP contribution in [0.15, 0.2) is 36.4 Å². The van der Waals surface area contributed by atoms with Gasteiger partial charge in [-0.3, -0.25) is 4.79 Å². The van der Waals surface area contributed by atoms with E-state index in [1.165, 1.54) is 32.4 Å². The van der Waals surface area contributed by atoms with Crippen LogP contribution in [0.25, 0.3) is 0 Å². The van der Waals surface area contributed by atoms with Crippen LogP contribution in [0, 0.1) is 0 Å². The number of likely N-dealkylation sites (tertiary alicyclic amines) is 3. The van der Waals surface area contributed by atoms with Gasteiger partial charge in [-0.15, -0.1) is 0 Å². The topological polar surface area (TPSA) is 26.8 Å². The summed E-state index contributed by atoms with van der Waals surface area (Å²) in [6, 6.07) is 7.43. The van der Waals surface area contributed by atoms with Gasteiger partial charge in [-0.1, -0.05) is 35.7 Å². The number of nitrogens with zero attached hydrogens (tertiary/aromatic N) is 3. The fourth-order valence-electron chi connectivity index (χ4n) is 7.33. The molecule has 0 bridgehead atoms. The van der Waals surface area contributed by atoms with E-state index in [-0.39, 0.29) is 11.6 Å². The summed E-state index contributed by atoms with van der Waals surface area (Å²) < 4.78 is 80.7. The minimum atomic E-state index is -4.98. The van der Waals surface area contributed by atoms with Gasteiger partial charge in [0, 0.05) is 24.5 Å². The molecule has 5 rings (SSSR count). The Morgan fingerprint density at radius 2 is 1.44 bits per heavy atom. The van der Waals surface area contributed by atoms with Crippen molar-refractivity contribution in [1.29, 1.82) is 0 Å². The Morgan fingerprint density at radius 3 is 2.04 bits per heavy atom. The second-order valence-corrected chi connectivity index (χ2v) is 13.7. The van der Waals surface area contributed by atoms with E-state index in [0.29, 0.717) is 47.7 Å². The number of carbonyl (C=O) groups excluding carboxylic acids is 1. The second-order valence-electron chi connectivity index (χ2n) is 12.8. The summed E-state index contributed by atoms with van der Waals surface area (Å²) in [5.74, 6) is -0.506. The Morgan fingerprint density at radius 1 is 0.800 bits per heavy atom. The maximum atomic E-state index is 13.5. The zero-order valence-electron chi connectivity index (χ0n) is 25.1. The summed E-state index contributed by atoms with van der Waals surface area (Å²) in [7, 11) is 0. The third-order valence-corrected chi connectivity index (χ3v) is 10.6. The van der Waals surface area contributed by atoms with Gasteiger partial charge in [-0.2, -0.15) is 26.3 Å². The zero-order valence-corrected chi connectivity index (χ0v) is 26.6. The first-order chi connectivity index (χ1) is 21.2. The highest BCUT2D eigenvalue weighted by Crippen LogP contribution is 2.41. The van der Waals surface area contributed by atoms with E-state index in [4.69, 9.17) is 23.2 Å². The molecule has 3 aliphatic rings. The van der Waals surface area contributed by atoms with E-state index in [9.17, 15) is 31.1 Å². The standard InChI is InChI=1S/C33H39Cl2F6N3O/c34-28-6-5-24(21-29(28)35)31(10-16-42-14-7-27(8-15-42)43-11-2-1-3-12-43)9-4-13-44(22-31)30(45)19-23-17-25(32(36,37)38)20-26(18-23)33(39,40)41/h5-6,17-18,20-21,27H,1-4,7-16,19,22H2/t31-/m0/s1. The van der Waals surface area contributed by atoms with Crippen LogP contribution in [0.5, 0.6) is 0 Å². The van der Waals surface area contributed by atoms with Gasteiger partial charge >= 0.3 is 12.4 Å². The Hall–Kier alpha value is -2.01. The Bertz CT molecular complexity index is 1310. The normalized spacial score (nSPS) is 23.0. The van der Waals surface area contributed by atoms with Crippen molar-refractivity contribution in [3.05, 3.63) is 68.7 Å². The van der Waals surface area contributed by atoms with Gasteiger partial charge in [0.25, 0.3) is 0 Å². The Balaban J connectivity index is 1.32. The summed E-state index contributed by atoms with van der Waals surface area (Å²) in [6.07, 6.45) is -2.33. The third-order valence-electron chi connectivity index (χ3n) is 9.84. The maximum absolute atomic E-state index is 13.5. The Kier molecular flexibility index (Phi) is 10.7. The molecule has 1 atom stereocenters. The lowest BCUT2D eigenvalue weighted by atomic mass is 9.71. The number of alkyl halides is 6. The van der Waals surface area contributed by atoms with Crippen LogP contribution in [0.1, 0.15) is 73.6 Å². The number of halogens is 8. The van der Waals surface area contributed by atoms with E-state index in [0.717, 1.165) is 50.9 Å². The lowest BCUT2D eigenvalue weighted by Gasteiger charge is -2.45. The summed E-state index contributed by atoms with van der Waals surface area (Å²) in [4.78, 5) is 20.2. The van der Waals surface area contributed by atoms with Crippen LogP contribution in [-0.4, -0.2) is 72.5 Å². The fraction of sp³-hybridized carbons (Fsp3) is 0.606. The fourth-order valence-corrected chi connectivity index (χ4v) is 7.62. The Labute approximate surface area is 270 Å². The van der Waals surface area contributed by atoms with Crippen molar-refractivity contribution in [3.63, 3.8) is 0 Å². The molecule has 3 fully saturated rings. The minimum absolute atomic E-state index is 0.0828. The van der Waals surface area contributed by atoms with Gasteiger partial charge in [-0.05, 0) is 119 Å². The van der Waals surface area contributed by atoms with E-state index in [1.54, 1.807) is 11.0 Å². The molecule has 0 aromatic heterocycles. The molecular weight excluding hydrogens is 639 g/mol. The first-order valence-electron chi connectivity index (χ1n) is 15.7. The molecule has 248 valence electrons. The van der Waals surface area contributed by atoms with E-state index in [2.05, 4.69) is 9.80 Å². The lowest BCUT2D eigenvalue weighted by Crippen LogP contribution is -2.51. The van der Waals surface area contributed by atoms with Crippen LogP contribution in [0.3, 0.4) is 0 Å². The number of amides is 1. The predicted octanol–water partition coefficient (Wildman–Crippen LogP) is 8.47. The SMILES string of the molecule is O=C(Cc1cc(C(F)(F)F)cc(C(F)(F)F)c1)N1CCC[C@@](CCN2CCC(N3CCCCC3)CC2)(c2ccc(Cl)c(Cl)c2)C1. The quantitative estimate of drug-likeness (QED) is 0.275. The molecule has 1 amide bonds. The van der Waals surface area contributed by atoms with Crippen LogP contribution in [-0.2, 0) is 29.0 Å². The molecule has 3 saturated heterocycles. The molecule has 4 nitrogen and oxygen atoms in total. The van der Waals surface area contributed by atoms with Crippen molar-refractivity contribution in [2.24, 2.45) is 0 Å². The molecule has 0 N–H and O–H groups in total. The van der Waals surface area contributed by atoms with E-state index >= 15 is 0 Å². The molecule has 0 radical (unpaired) electrons. The summed E-state index contributed by atoms with van der Waals surface area (Å²) in [6.45, 7) is 5.78. The number of carbonyl (C=O) groups is 1. The summed E-state index contributed by atoms with van der Waals surface area (Å²) >= 11 is 12.7. The smallest absolute Gasteiger partial charge is 0.342 e. The van der Waals surface area contributed by atoms with Gasteiger partial charge in [0.15, 0.2) is 0 Å². The highest BCUT2D eigenvalue weighted by molar-refractivity contribution is 6.42.